The van der Waals surface area contributed by atoms with Crippen molar-refractivity contribution in [3.63, 3.8) is 0 Å². The van der Waals surface area contributed by atoms with Gasteiger partial charge < -0.3 is 37.5 Å². The molecule has 228 valence electrons. The van der Waals surface area contributed by atoms with Gasteiger partial charge in [0, 0.05) is 38.0 Å². The fourth-order valence-corrected chi connectivity index (χ4v) is 3.51. The highest BCUT2D eigenvalue weighted by Crippen LogP contribution is 2.22. The molecule has 3 aromatic rings. The average molecular weight is 593 g/mol. The number of nitrogens with two attached hydrogens (primary N) is 3. The molecule has 0 radical (unpaired) electrons. The zero-order valence-corrected chi connectivity index (χ0v) is 23.1. The maximum Gasteiger partial charge on any atom is 0.573 e. The zero-order valence-electron chi connectivity index (χ0n) is 23.1. The molecule has 3 amide bonds. The topological polar surface area (TPSA) is 192 Å². The number of nitrogens with zero attached hydrogens (tertiary/aromatic N) is 3. The van der Waals surface area contributed by atoms with E-state index in [4.69, 9.17) is 17.2 Å². The van der Waals surface area contributed by atoms with E-state index < -0.39 is 24.2 Å². The van der Waals surface area contributed by atoms with Gasteiger partial charge in [0.15, 0.2) is 5.82 Å². The molecule has 0 aliphatic rings. The van der Waals surface area contributed by atoms with Crippen molar-refractivity contribution in [1.82, 2.24) is 20.4 Å². The van der Waals surface area contributed by atoms with E-state index in [2.05, 4.69) is 25.6 Å². The number of hydrogen-bond donors (Lipinski definition) is 5. The van der Waals surface area contributed by atoms with Crippen LogP contribution in [-0.4, -0.2) is 77.9 Å². The van der Waals surface area contributed by atoms with Crippen LogP contribution in [0, 0.1) is 6.92 Å². The van der Waals surface area contributed by atoms with Crippen molar-refractivity contribution in [2.45, 2.75) is 32.2 Å². The standard InChI is InChI=1S/C19H28N8O3.C8H7F3O/c20-7-9-27(10-8-21)18(29)6-5-14(22)19(30)23-12-17(28)24-16-11-13-3-1-2-4-15(13)25-26-16;1-6-2-4-7(5-3-6)12-8(9,10)11/h1-4,11,14H,5-10,12,20-22H2,(H,23,30)(H,24,26,28);2-5H,1H3. The molecule has 15 heteroatoms. The van der Waals surface area contributed by atoms with E-state index >= 15 is 0 Å². The van der Waals surface area contributed by atoms with Crippen LogP contribution in [0.2, 0.25) is 0 Å². The summed E-state index contributed by atoms with van der Waals surface area (Å²) in [5.74, 6) is -1.06. The van der Waals surface area contributed by atoms with Crippen molar-refractivity contribution < 1.29 is 32.3 Å². The van der Waals surface area contributed by atoms with E-state index in [-0.39, 0.29) is 36.9 Å². The van der Waals surface area contributed by atoms with Gasteiger partial charge in [-0.3, -0.25) is 14.4 Å². The summed E-state index contributed by atoms with van der Waals surface area (Å²) in [7, 11) is 0. The molecular weight excluding hydrogens is 557 g/mol. The zero-order chi connectivity index (χ0) is 31.1. The lowest BCUT2D eigenvalue weighted by atomic mass is 10.1. The maximum absolute atomic E-state index is 12.2. The van der Waals surface area contributed by atoms with Gasteiger partial charge in [0.1, 0.15) is 5.75 Å². The molecule has 1 unspecified atom stereocenters. The highest BCUT2D eigenvalue weighted by molar-refractivity contribution is 5.95. The Morgan fingerprint density at radius 3 is 2.26 bits per heavy atom. The van der Waals surface area contributed by atoms with Crippen LogP contribution < -0.4 is 32.6 Å². The molecule has 0 fully saturated rings. The predicted molar refractivity (Wildman–Crippen MR) is 151 cm³/mol. The van der Waals surface area contributed by atoms with E-state index in [0.717, 1.165) is 10.9 Å². The molecule has 0 spiro atoms. The minimum atomic E-state index is -4.60. The Kier molecular flexibility index (Phi) is 13.6. The highest BCUT2D eigenvalue weighted by Gasteiger charge is 2.30. The Morgan fingerprint density at radius 1 is 1.00 bits per heavy atom. The summed E-state index contributed by atoms with van der Waals surface area (Å²) >= 11 is 0. The molecule has 8 N–H and O–H groups in total. The Bertz CT molecular complexity index is 1300. The first-order chi connectivity index (χ1) is 19.9. The third-order valence-corrected chi connectivity index (χ3v) is 5.60. The Hall–Kier alpha value is -4.34. The van der Waals surface area contributed by atoms with Crippen LogP contribution in [0.15, 0.2) is 54.6 Å². The summed E-state index contributed by atoms with van der Waals surface area (Å²) in [5, 5.41) is 13.8. The van der Waals surface area contributed by atoms with Gasteiger partial charge in [-0.2, -0.15) is 0 Å². The van der Waals surface area contributed by atoms with Crippen molar-refractivity contribution >= 4 is 34.4 Å². The second kappa shape index (κ2) is 16.8. The van der Waals surface area contributed by atoms with Crippen LogP contribution in [0.25, 0.3) is 10.9 Å². The summed E-state index contributed by atoms with van der Waals surface area (Å²) in [6.07, 6.45) is -4.36. The van der Waals surface area contributed by atoms with Gasteiger partial charge in [-0.15, -0.1) is 23.4 Å². The number of carbonyl (C=O) groups is 3. The van der Waals surface area contributed by atoms with Crippen LogP contribution in [0.1, 0.15) is 18.4 Å². The first-order valence-electron chi connectivity index (χ1n) is 13.0. The highest BCUT2D eigenvalue weighted by atomic mass is 19.4. The number of ether oxygens (including phenoxy) is 1. The quantitative estimate of drug-likeness (QED) is 0.207. The van der Waals surface area contributed by atoms with E-state index in [1.54, 1.807) is 30.0 Å². The van der Waals surface area contributed by atoms with Crippen molar-refractivity contribution in [3.8, 4) is 5.75 Å². The Morgan fingerprint density at radius 2 is 1.64 bits per heavy atom. The molecule has 2 aromatic carbocycles. The molecule has 42 heavy (non-hydrogen) atoms. The number of amides is 3. The second-order valence-corrected chi connectivity index (χ2v) is 9.02. The van der Waals surface area contributed by atoms with Gasteiger partial charge in [-0.25, -0.2) is 0 Å². The fraction of sp³-hybridized carbons (Fsp3) is 0.370. The van der Waals surface area contributed by atoms with Crippen molar-refractivity contribution in [2.24, 2.45) is 17.2 Å². The SMILES string of the molecule is Cc1ccc(OC(F)(F)F)cc1.NCCN(CCN)C(=O)CCC(N)C(=O)NCC(=O)Nc1cc2ccccc2nn1. The number of halogens is 3. The molecule has 3 rings (SSSR count). The molecule has 0 aliphatic heterocycles. The number of nitrogens with one attached hydrogen (secondary N) is 2. The van der Waals surface area contributed by atoms with Crippen LogP contribution in [0.4, 0.5) is 19.0 Å². The van der Waals surface area contributed by atoms with E-state index in [0.29, 0.717) is 31.7 Å². The lowest BCUT2D eigenvalue weighted by molar-refractivity contribution is -0.274. The molecular formula is C27H35F3N8O4. The average Bonchev–Trinajstić information content (AvgIpc) is 2.95. The molecule has 0 bridgehead atoms. The van der Waals surface area contributed by atoms with Crippen molar-refractivity contribution in [1.29, 1.82) is 0 Å². The first-order valence-corrected chi connectivity index (χ1v) is 13.0. The van der Waals surface area contributed by atoms with Gasteiger partial charge >= 0.3 is 6.36 Å². The second-order valence-electron chi connectivity index (χ2n) is 9.02. The molecule has 0 saturated heterocycles. The largest absolute Gasteiger partial charge is 0.573 e. The number of rotatable bonds is 12. The smallest absolute Gasteiger partial charge is 0.406 e. The summed E-state index contributed by atoms with van der Waals surface area (Å²) in [5.41, 5.74) is 18.4. The normalized spacial score (nSPS) is 11.6. The number of aromatic nitrogens is 2. The van der Waals surface area contributed by atoms with Gasteiger partial charge in [0.05, 0.1) is 18.1 Å². The third kappa shape index (κ3) is 12.4. The number of alkyl halides is 3. The molecule has 1 atom stereocenters. The van der Waals surface area contributed by atoms with Crippen LogP contribution in [0.3, 0.4) is 0 Å². The van der Waals surface area contributed by atoms with Crippen molar-refractivity contribution in [2.75, 3.05) is 38.0 Å². The van der Waals surface area contributed by atoms with Gasteiger partial charge in [-0.05, 0) is 37.6 Å². The summed E-state index contributed by atoms with van der Waals surface area (Å²) in [6.45, 7) is 2.97. The minimum absolute atomic E-state index is 0.0907. The lowest BCUT2D eigenvalue weighted by Gasteiger charge is -2.22. The van der Waals surface area contributed by atoms with Crippen LogP contribution >= 0.6 is 0 Å². The monoisotopic (exact) mass is 592 g/mol. The van der Waals surface area contributed by atoms with Gasteiger partial charge in [0.2, 0.25) is 17.7 Å². The van der Waals surface area contributed by atoms with Gasteiger partial charge in [-0.1, -0.05) is 35.9 Å². The van der Waals surface area contributed by atoms with Gasteiger partial charge in [0.25, 0.3) is 0 Å². The molecule has 12 nitrogen and oxygen atoms in total. The number of fused-ring (bicyclic) bond motifs is 1. The van der Waals surface area contributed by atoms with Crippen molar-refractivity contribution in [3.05, 3.63) is 60.2 Å². The Balaban J connectivity index is 0.000000428. The Labute approximate surface area is 240 Å². The third-order valence-electron chi connectivity index (χ3n) is 5.60. The molecule has 1 aromatic heterocycles. The molecule has 0 aliphatic carbocycles. The number of aryl methyl sites for hydroxylation is 1. The van der Waals surface area contributed by atoms with E-state index in [1.165, 1.54) is 12.1 Å². The fourth-order valence-electron chi connectivity index (χ4n) is 3.51. The molecule has 0 saturated carbocycles. The van der Waals surface area contributed by atoms with E-state index in [1.807, 2.05) is 24.3 Å². The number of benzene rings is 2. The minimum Gasteiger partial charge on any atom is -0.406 e. The van der Waals surface area contributed by atoms with E-state index in [9.17, 15) is 27.6 Å². The number of carbonyl (C=O) groups excluding carboxylic acids is 3. The maximum atomic E-state index is 12.2. The number of hydrogen-bond acceptors (Lipinski definition) is 9. The lowest BCUT2D eigenvalue weighted by Crippen LogP contribution is -2.45. The molecule has 1 heterocycles. The van der Waals surface area contributed by atoms with Crippen LogP contribution in [0.5, 0.6) is 5.75 Å². The summed E-state index contributed by atoms with van der Waals surface area (Å²) < 4.78 is 38.5. The predicted octanol–water partition coefficient (Wildman–Crippen LogP) is 1.43. The van der Waals surface area contributed by atoms with Crippen LogP contribution in [-0.2, 0) is 14.4 Å². The summed E-state index contributed by atoms with van der Waals surface area (Å²) in [6, 6.07) is 13.8. The number of anilines is 1. The first kappa shape index (κ1) is 33.9. The summed E-state index contributed by atoms with van der Waals surface area (Å²) in [4.78, 5) is 37.9.